The summed E-state index contributed by atoms with van der Waals surface area (Å²) < 4.78 is 6.11. The van der Waals surface area contributed by atoms with Crippen LogP contribution in [0.25, 0.3) is 11.1 Å². The highest BCUT2D eigenvalue weighted by Gasteiger charge is 2.14. The molecule has 1 amide bonds. The molecule has 0 bridgehead atoms. The van der Waals surface area contributed by atoms with Gasteiger partial charge in [-0.3, -0.25) is 0 Å². The summed E-state index contributed by atoms with van der Waals surface area (Å²) in [5.74, 6) is -0.651. The number of hydrogen-bond acceptors (Lipinski definition) is 3. The van der Waals surface area contributed by atoms with Crippen LogP contribution in [0.2, 0.25) is 0 Å². The molecule has 3 rings (SSSR count). The lowest BCUT2D eigenvalue weighted by Gasteiger charge is -2.05. The highest BCUT2D eigenvalue weighted by molar-refractivity contribution is 5.87. The van der Waals surface area contributed by atoms with Crippen LogP contribution < -0.4 is 11.1 Å². The van der Waals surface area contributed by atoms with E-state index in [0.29, 0.717) is 17.6 Å². The SMILES string of the molecule is O=C(NCCCCCCc1ccccc1)n1c(=O)oc2ccccc21. The second-order valence-corrected chi connectivity index (χ2v) is 6.05. The van der Waals surface area contributed by atoms with Gasteiger partial charge in [-0.25, -0.2) is 9.59 Å². The van der Waals surface area contributed by atoms with Gasteiger partial charge in [0.05, 0.1) is 5.52 Å². The average Bonchev–Trinajstić information content (AvgIpc) is 2.97. The molecule has 25 heavy (non-hydrogen) atoms. The summed E-state index contributed by atoms with van der Waals surface area (Å²) in [4.78, 5) is 24.0. The van der Waals surface area contributed by atoms with Crippen molar-refractivity contribution in [3.05, 3.63) is 70.7 Å². The summed E-state index contributed by atoms with van der Waals surface area (Å²) in [5, 5.41) is 2.79. The third kappa shape index (κ3) is 4.38. The first-order valence-electron chi connectivity index (χ1n) is 8.68. The number of benzene rings is 2. The highest BCUT2D eigenvalue weighted by Crippen LogP contribution is 2.11. The number of carbonyl (C=O) groups excluding carboxylic acids is 1. The van der Waals surface area contributed by atoms with Gasteiger partial charge in [0.2, 0.25) is 0 Å². The fraction of sp³-hybridized carbons (Fsp3) is 0.300. The number of oxazole rings is 1. The molecular weight excluding hydrogens is 316 g/mol. The number of para-hydroxylation sites is 2. The van der Waals surface area contributed by atoms with Crippen molar-refractivity contribution >= 4 is 17.1 Å². The molecule has 5 nitrogen and oxygen atoms in total. The average molecular weight is 338 g/mol. The predicted octanol–water partition coefficient (Wildman–Crippen LogP) is 3.96. The fourth-order valence-electron chi connectivity index (χ4n) is 2.89. The van der Waals surface area contributed by atoms with Gasteiger partial charge in [0.25, 0.3) is 0 Å². The minimum Gasteiger partial charge on any atom is -0.407 e. The first-order chi connectivity index (χ1) is 12.3. The third-order valence-electron chi connectivity index (χ3n) is 4.20. The van der Waals surface area contributed by atoms with Gasteiger partial charge in [0.1, 0.15) is 0 Å². The molecule has 1 heterocycles. The Morgan fingerprint density at radius 1 is 0.920 bits per heavy atom. The van der Waals surface area contributed by atoms with Crippen LogP contribution in [-0.2, 0) is 6.42 Å². The molecule has 0 atom stereocenters. The first kappa shape index (κ1) is 17.0. The van der Waals surface area contributed by atoms with Gasteiger partial charge in [0.15, 0.2) is 5.58 Å². The van der Waals surface area contributed by atoms with Gasteiger partial charge in [-0.05, 0) is 37.0 Å². The monoisotopic (exact) mass is 338 g/mol. The molecule has 130 valence electrons. The fourth-order valence-corrected chi connectivity index (χ4v) is 2.89. The molecule has 0 spiro atoms. The molecule has 1 aromatic heterocycles. The Balaban J connectivity index is 1.39. The van der Waals surface area contributed by atoms with Crippen LogP contribution >= 0.6 is 0 Å². The zero-order valence-corrected chi connectivity index (χ0v) is 14.1. The lowest BCUT2D eigenvalue weighted by atomic mass is 10.1. The number of aromatic nitrogens is 1. The van der Waals surface area contributed by atoms with Crippen LogP contribution in [0.15, 0.2) is 63.8 Å². The van der Waals surface area contributed by atoms with Gasteiger partial charge in [-0.15, -0.1) is 0 Å². The summed E-state index contributed by atoms with van der Waals surface area (Å²) in [5.41, 5.74) is 2.28. The van der Waals surface area contributed by atoms with E-state index in [1.54, 1.807) is 24.3 Å². The van der Waals surface area contributed by atoms with Crippen LogP contribution in [0.3, 0.4) is 0 Å². The van der Waals surface area contributed by atoms with E-state index in [2.05, 4.69) is 29.6 Å². The number of hydrogen-bond donors (Lipinski definition) is 1. The Morgan fingerprint density at radius 3 is 2.48 bits per heavy atom. The molecule has 0 saturated carbocycles. The number of amides is 1. The summed E-state index contributed by atoms with van der Waals surface area (Å²) in [6, 6.07) is 16.9. The maximum Gasteiger partial charge on any atom is 0.428 e. The van der Waals surface area contributed by atoms with E-state index in [9.17, 15) is 9.59 Å². The topological polar surface area (TPSA) is 64.2 Å². The Hall–Kier alpha value is -2.82. The van der Waals surface area contributed by atoms with Crippen LogP contribution in [0.5, 0.6) is 0 Å². The minimum absolute atomic E-state index is 0.420. The van der Waals surface area contributed by atoms with Crippen molar-refractivity contribution < 1.29 is 9.21 Å². The van der Waals surface area contributed by atoms with Crippen molar-refractivity contribution in [1.29, 1.82) is 0 Å². The van der Waals surface area contributed by atoms with E-state index < -0.39 is 11.8 Å². The molecule has 0 saturated heterocycles. The zero-order chi connectivity index (χ0) is 17.5. The second kappa shape index (κ2) is 8.33. The predicted molar refractivity (Wildman–Crippen MR) is 97.9 cm³/mol. The Bertz CT molecular complexity index is 881. The van der Waals surface area contributed by atoms with E-state index in [1.807, 2.05) is 6.07 Å². The molecule has 0 aliphatic carbocycles. The number of fused-ring (bicyclic) bond motifs is 1. The molecule has 3 aromatic rings. The van der Waals surface area contributed by atoms with E-state index in [1.165, 1.54) is 5.56 Å². The second-order valence-electron chi connectivity index (χ2n) is 6.05. The zero-order valence-electron chi connectivity index (χ0n) is 14.1. The van der Waals surface area contributed by atoms with Crippen LogP contribution in [-0.4, -0.2) is 17.1 Å². The molecule has 0 aliphatic heterocycles. The van der Waals surface area contributed by atoms with Crippen LogP contribution in [0.4, 0.5) is 4.79 Å². The molecule has 0 unspecified atom stereocenters. The standard InChI is InChI=1S/C20H22N2O3/c23-19(22-17-13-7-8-14-18(17)25-20(22)24)21-15-9-2-1-4-10-16-11-5-3-6-12-16/h3,5-8,11-14H,1-2,4,9-10,15H2,(H,21,23). The largest absolute Gasteiger partial charge is 0.428 e. The summed E-state index contributed by atoms with van der Waals surface area (Å²) in [6.07, 6.45) is 5.30. The summed E-state index contributed by atoms with van der Waals surface area (Å²) in [6.45, 7) is 0.552. The maximum absolute atomic E-state index is 12.2. The van der Waals surface area contributed by atoms with Gasteiger partial charge in [-0.2, -0.15) is 4.57 Å². The number of nitrogens with one attached hydrogen (secondary N) is 1. The summed E-state index contributed by atoms with van der Waals surface area (Å²) in [7, 11) is 0. The Labute approximate surface area is 146 Å². The van der Waals surface area contributed by atoms with E-state index in [0.717, 1.165) is 36.7 Å². The molecule has 1 N–H and O–H groups in total. The van der Waals surface area contributed by atoms with E-state index in [4.69, 9.17) is 4.42 Å². The van der Waals surface area contributed by atoms with Crippen LogP contribution in [0.1, 0.15) is 31.2 Å². The number of nitrogens with zero attached hydrogens (tertiary/aromatic N) is 1. The normalized spacial score (nSPS) is 10.9. The molecule has 0 aliphatic rings. The van der Waals surface area contributed by atoms with Crippen molar-refractivity contribution in [3.8, 4) is 0 Å². The number of unbranched alkanes of at least 4 members (excludes halogenated alkanes) is 3. The van der Waals surface area contributed by atoms with Crippen molar-refractivity contribution in [3.63, 3.8) is 0 Å². The molecule has 5 heteroatoms. The smallest absolute Gasteiger partial charge is 0.407 e. The Kier molecular flexibility index (Phi) is 5.67. The van der Waals surface area contributed by atoms with Gasteiger partial charge >= 0.3 is 11.8 Å². The van der Waals surface area contributed by atoms with E-state index >= 15 is 0 Å². The number of rotatable bonds is 7. The summed E-state index contributed by atoms with van der Waals surface area (Å²) >= 11 is 0. The number of aryl methyl sites for hydroxylation is 1. The van der Waals surface area contributed by atoms with Crippen molar-refractivity contribution in [2.24, 2.45) is 0 Å². The minimum atomic E-state index is -0.651. The van der Waals surface area contributed by atoms with Gasteiger partial charge in [0, 0.05) is 6.54 Å². The van der Waals surface area contributed by atoms with Gasteiger partial charge < -0.3 is 9.73 Å². The first-order valence-corrected chi connectivity index (χ1v) is 8.68. The van der Waals surface area contributed by atoms with Crippen molar-refractivity contribution in [1.82, 2.24) is 9.88 Å². The highest BCUT2D eigenvalue weighted by atomic mass is 16.4. The molecular formula is C20H22N2O3. The molecule has 0 fully saturated rings. The number of carbonyl (C=O) groups is 1. The molecule has 0 radical (unpaired) electrons. The van der Waals surface area contributed by atoms with Crippen molar-refractivity contribution in [2.45, 2.75) is 32.1 Å². The van der Waals surface area contributed by atoms with E-state index in [-0.39, 0.29) is 0 Å². The Morgan fingerprint density at radius 2 is 1.64 bits per heavy atom. The lowest BCUT2D eigenvalue weighted by molar-refractivity contribution is 0.241. The van der Waals surface area contributed by atoms with Crippen molar-refractivity contribution in [2.75, 3.05) is 6.54 Å². The quantitative estimate of drug-likeness (QED) is 0.663. The maximum atomic E-state index is 12.2. The third-order valence-corrected chi connectivity index (χ3v) is 4.20. The molecule has 2 aromatic carbocycles. The van der Waals surface area contributed by atoms with Gasteiger partial charge in [-0.1, -0.05) is 55.3 Å². The van der Waals surface area contributed by atoms with Crippen LogP contribution in [0, 0.1) is 0 Å². The lowest BCUT2D eigenvalue weighted by Crippen LogP contribution is -2.34.